The van der Waals surface area contributed by atoms with E-state index in [9.17, 15) is 14.7 Å². The fraction of sp³-hybridized carbons (Fsp3) is 0.867. The molecule has 0 aromatic carbocycles. The second kappa shape index (κ2) is 4.64. The lowest BCUT2D eigenvalue weighted by Gasteiger charge is -2.26. The van der Waals surface area contributed by atoms with E-state index < -0.39 is 5.97 Å². The molecule has 2 heterocycles. The zero-order chi connectivity index (χ0) is 14.5. The Balaban J connectivity index is 1.63. The summed E-state index contributed by atoms with van der Waals surface area (Å²) in [5, 5.41) is 12.4. The average Bonchev–Trinajstić information content (AvgIpc) is 3.01. The maximum Gasteiger partial charge on any atom is 0.318 e. The van der Waals surface area contributed by atoms with E-state index in [0.717, 1.165) is 32.1 Å². The zero-order valence-electron chi connectivity index (χ0n) is 12.3. The Morgan fingerprint density at radius 1 is 1.25 bits per heavy atom. The Kier molecular flexibility index (Phi) is 3.18. The normalized spacial score (nSPS) is 38.2. The summed E-state index contributed by atoms with van der Waals surface area (Å²) in [6, 6.07) is 0.257. The van der Waals surface area contributed by atoms with Crippen LogP contribution in [0.15, 0.2) is 0 Å². The van der Waals surface area contributed by atoms with Crippen LogP contribution < -0.4 is 5.32 Å². The van der Waals surface area contributed by atoms with Gasteiger partial charge in [-0.05, 0) is 43.9 Å². The summed E-state index contributed by atoms with van der Waals surface area (Å²) >= 11 is 0. The van der Waals surface area contributed by atoms with E-state index >= 15 is 0 Å². The molecule has 0 radical (unpaired) electrons. The molecule has 0 aromatic heterocycles. The standard InChI is InChI=1S/C15H24N2O3/c1-15(2)6-5-9(8-15)16-14(20)17-10-3-4-12(17)11(7-10)13(18)19/h9-12H,3-8H2,1-2H3,(H,16,20)(H,18,19). The molecule has 5 nitrogen and oxygen atoms in total. The van der Waals surface area contributed by atoms with Crippen molar-refractivity contribution in [1.29, 1.82) is 0 Å². The average molecular weight is 280 g/mol. The van der Waals surface area contributed by atoms with Crippen LogP contribution in [0.5, 0.6) is 0 Å². The molecule has 112 valence electrons. The van der Waals surface area contributed by atoms with Gasteiger partial charge >= 0.3 is 12.0 Å². The van der Waals surface area contributed by atoms with Gasteiger partial charge in [-0.15, -0.1) is 0 Å². The van der Waals surface area contributed by atoms with E-state index in [2.05, 4.69) is 19.2 Å². The minimum atomic E-state index is -0.753. The number of nitrogens with zero attached hydrogens (tertiary/aromatic N) is 1. The van der Waals surface area contributed by atoms with Crippen LogP contribution in [0.4, 0.5) is 4.79 Å². The van der Waals surface area contributed by atoms with Crippen molar-refractivity contribution in [2.24, 2.45) is 11.3 Å². The highest BCUT2D eigenvalue weighted by atomic mass is 16.4. The fourth-order valence-electron chi connectivity index (χ4n) is 4.38. The topological polar surface area (TPSA) is 69.6 Å². The van der Waals surface area contributed by atoms with Crippen LogP contribution in [0.2, 0.25) is 0 Å². The van der Waals surface area contributed by atoms with Gasteiger partial charge in [0.15, 0.2) is 0 Å². The van der Waals surface area contributed by atoms with E-state index in [0.29, 0.717) is 11.8 Å². The zero-order valence-corrected chi connectivity index (χ0v) is 12.3. The van der Waals surface area contributed by atoms with Gasteiger partial charge in [0, 0.05) is 18.1 Å². The van der Waals surface area contributed by atoms with Crippen LogP contribution in [0.3, 0.4) is 0 Å². The monoisotopic (exact) mass is 280 g/mol. The maximum absolute atomic E-state index is 12.5. The molecule has 2 aliphatic heterocycles. The van der Waals surface area contributed by atoms with Gasteiger partial charge in [0.2, 0.25) is 0 Å². The molecule has 0 aromatic rings. The Hall–Kier alpha value is -1.26. The molecular weight excluding hydrogens is 256 g/mol. The van der Waals surface area contributed by atoms with Gasteiger partial charge in [-0.25, -0.2) is 4.79 Å². The van der Waals surface area contributed by atoms with Crippen LogP contribution in [-0.4, -0.2) is 40.1 Å². The summed E-state index contributed by atoms with van der Waals surface area (Å²) in [6.45, 7) is 4.47. The summed E-state index contributed by atoms with van der Waals surface area (Å²) in [5.74, 6) is -1.11. The smallest absolute Gasteiger partial charge is 0.318 e. The lowest BCUT2D eigenvalue weighted by Crippen LogP contribution is -2.47. The molecule has 4 atom stereocenters. The van der Waals surface area contributed by atoms with Crippen molar-refractivity contribution in [1.82, 2.24) is 10.2 Å². The predicted molar refractivity (Wildman–Crippen MR) is 74.3 cm³/mol. The predicted octanol–water partition coefficient (Wildman–Crippen LogP) is 2.21. The SMILES string of the molecule is CC1(C)CCC(NC(=O)N2C3CCC2C(C(=O)O)C3)C1. The Labute approximate surface area is 119 Å². The third-order valence-corrected chi connectivity index (χ3v) is 5.38. The third kappa shape index (κ3) is 2.27. The molecule has 2 saturated heterocycles. The molecule has 2 bridgehead atoms. The number of nitrogens with one attached hydrogen (secondary N) is 1. The quantitative estimate of drug-likeness (QED) is 0.814. The van der Waals surface area contributed by atoms with Crippen LogP contribution >= 0.6 is 0 Å². The van der Waals surface area contributed by atoms with Crippen LogP contribution in [0.1, 0.15) is 52.4 Å². The first kappa shape index (κ1) is 13.7. The van der Waals surface area contributed by atoms with Gasteiger partial charge in [0.1, 0.15) is 0 Å². The third-order valence-electron chi connectivity index (χ3n) is 5.38. The number of amides is 2. The summed E-state index contributed by atoms with van der Waals surface area (Å²) < 4.78 is 0. The van der Waals surface area contributed by atoms with E-state index in [1.807, 2.05) is 4.90 Å². The van der Waals surface area contributed by atoms with Crippen molar-refractivity contribution in [2.75, 3.05) is 0 Å². The Morgan fingerprint density at radius 3 is 2.55 bits per heavy atom. The van der Waals surface area contributed by atoms with Gasteiger partial charge in [0.05, 0.1) is 5.92 Å². The van der Waals surface area contributed by atoms with Crippen LogP contribution in [-0.2, 0) is 4.79 Å². The number of carbonyl (C=O) groups excluding carboxylic acids is 1. The van der Waals surface area contributed by atoms with E-state index in [1.165, 1.54) is 0 Å². The molecule has 20 heavy (non-hydrogen) atoms. The van der Waals surface area contributed by atoms with Crippen molar-refractivity contribution in [3.63, 3.8) is 0 Å². The minimum absolute atomic E-state index is 0.0380. The number of carboxylic acid groups (broad SMARTS) is 1. The second-order valence-electron chi connectivity index (χ2n) is 7.44. The Morgan fingerprint density at radius 2 is 2.00 bits per heavy atom. The molecule has 4 unspecified atom stereocenters. The van der Waals surface area contributed by atoms with Crippen LogP contribution in [0.25, 0.3) is 0 Å². The number of carbonyl (C=O) groups is 2. The number of hydrogen-bond donors (Lipinski definition) is 2. The lowest BCUT2D eigenvalue weighted by atomic mass is 9.89. The first-order valence-corrected chi connectivity index (χ1v) is 7.69. The maximum atomic E-state index is 12.5. The lowest BCUT2D eigenvalue weighted by molar-refractivity contribution is -0.142. The molecule has 3 fully saturated rings. The number of carboxylic acids is 1. The second-order valence-corrected chi connectivity index (χ2v) is 7.44. The van der Waals surface area contributed by atoms with Gasteiger partial charge in [-0.1, -0.05) is 13.8 Å². The van der Waals surface area contributed by atoms with E-state index in [-0.39, 0.29) is 30.1 Å². The highest BCUT2D eigenvalue weighted by Crippen LogP contribution is 2.42. The molecule has 1 saturated carbocycles. The highest BCUT2D eigenvalue weighted by Gasteiger charge is 2.51. The van der Waals surface area contributed by atoms with Crippen LogP contribution in [0, 0.1) is 11.3 Å². The number of urea groups is 1. The molecule has 2 N–H and O–H groups in total. The van der Waals surface area contributed by atoms with Crippen molar-refractivity contribution >= 4 is 12.0 Å². The largest absolute Gasteiger partial charge is 0.481 e. The van der Waals surface area contributed by atoms with Crippen molar-refractivity contribution < 1.29 is 14.7 Å². The molecule has 0 spiro atoms. The van der Waals surface area contributed by atoms with Gasteiger partial charge in [-0.3, -0.25) is 4.79 Å². The summed E-state index contributed by atoms with van der Waals surface area (Å²) in [4.78, 5) is 25.5. The number of hydrogen-bond acceptors (Lipinski definition) is 2. The summed E-state index contributed by atoms with van der Waals surface area (Å²) in [5.41, 5.74) is 0.311. The first-order chi connectivity index (χ1) is 9.37. The van der Waals surface area contributed by atoms with Gasteiger partial charge in [-0.2, -0.15) is 0 Å². The minimum Gasteiger partial charge on any atom is -0.481 e. The molecule has 3 aliphatic rings. The molecule has 1 aliphatic carbocycles. The Bertz CT molecular complexity index is 435. The summed E-state index contributed by atoms with van der Waals surface area (Å²) in [6.07, 6.45) is 5.61. The molecule has 5 heteroatoms. The molecular formula is C15H24N2O3. The van der Waals surface area contributed by atoms with Crippen molar-refractivity contribution in [3.05, 3.63) is 0 Å². The molecule has 2 amide bonds. The van der Waals surface area contributed by atoms with E-state index in [4.69, 9.17) is 0 Å². The first-order valence-electron chi connectivity index (χ1n) is 7.69. The molecule has 3 rings (SSSR count). The summed E-state index contributed by atoms with van der Waals surface area (Å²) in [7, 11) is 0. The van der Waals surface area contributed by atoms with Gasteiger partial charge < -0.3 is 15.3 Å². The highest BCUT2D eigenvalue weighted by molar-refractivity contribution is 5.79. The van der Waals surface area contributed by atoms with Gasteiger partial charge in [0.25, 0.3) is 0 Å². The number of aliphatic carboxylic acids is 1. The fourth-order valence-corrected chi connectivity index (χ4v) is 4.38. The van der Waals surface area contributed by atoms with E-state index in [1.54, 1.807) is 0 Å². The number of fused-ring (bicyclic) bond motifs is 2. The van der Waals surface area contributed by atoms with Crippen molar-refractivity contribution in [2.45, 2.75) is 70.5 Å². The number of rotatable bonds is 2. The van der Waals surface area contributed by atoms with Crippen molar-refractivity contribution in [3.8, 4) is 0 Å².